The first kappa shape index (κ1) is 15.3. The number of aromatic nitrogens is 3. The van der Waals surface area contributed by atoms with Crippen LogP contribution in [0.2, 0.25) is 0 Å². The normalized spacial score (nSPS) is 10.7. The van der Waals surface area contributed by atoms with Crippen molar-refractivity contribution in [2.45, 2.75) is 17.9 Å². The molecule has 118 valence electrons. The summed E-state index contributed by atoms with van der Waals surface area (Å²) in [4.78, 5) is 15.5. The second kappa shape index (κ2) is 6.66. The highest BCUT2D eigenvalue weighted by Gasteiger charge is 2.16. The minimum Gasteiger partial charge on any atom is -0.465 e. The zero-order valence-electron chi connectivity index (χ0n) is 12.5. The van der Waals surface area contributed by atoms with E-state index < -0.39 is 5.97 Å². The van der Waals surface area contributed by atoms with Crippen LogP contribution in [0.25, 0.3) is 11.5 Å². The molecule has 8 heteroatoms. The summed E-state index contributed by atoms with van der Waals surface area (Å²) < 4.78 is 15.8. The Morgan fingerprint density at radius 1 is 1.26 bits per heavy atom. The lowest BCUT2D eigenvalue weighted by molar-refractivity contribution is 0.0599. The minimum absolute atomic E-state index is 0.416. The maximum Gasteiger partial charge on any atom is 0.341 e. The van der Waals surface area contributed by atoms with E-state index in [4.69, 9.17) is 13.6 Å². The van der Waals surface area contributed by atoms with Crippen LogP contribution >= 0.6 is 11.8 Å². The van der Waals surface area contributed by atoms with E-state index in [0.29, 0.717) is 34.0 Å². The van der Waals surface area contributed by atoms with Crippen LogP contribution in [0.1, 0.15) is 21.9 Å². The van der Waals surface area contributed by atoms with Crippen molar-refractivity contribution < 1.29 is 18.4 Å². The Hall–Kier alpha value is -2.61. The van der Waals surface area contributed by atoms with Crippen molar-refractivity contribution >= 4 is 17.7 Å². The van der Waals surface area contributed by atoms with Gasteiger partial charge in [-0.25, -0.2) is 4.79 Å². The van der Waals surface area contributed by atoms with Crippen molar-refractivity contribution in [2.75, 3.05) is 7.11 Å². The molecular weight excluding hydrogens is 318 g/mol. The summed E-state index contributed by atoms with van der Waals surface area (Å²) in [7, 11) is 1.34. The fourth-order valence-electron chi connectivity index (χ4n) is 1.94. The Morgan fingerprint density at radius 3 is 2.78 bits per heavy atom. The lowest BCUT2D eigenvalue weighted by Gasteiger charge is -1.93. The van der Waals surface area contributed by atoms with Crippen LogP contribution < -0.4 is 0 Å². The monoisotopic (exact) mass is 331 g/mol. The lowest BCUT2D eigenvalue weighted by atomic mass is 10.2. The largest absolute Gasteiger partial charge is 0.465 e. The first-order valence-corrected chi connectivity index (χ1v) is 7.70. The van der Waals surface area contributed by atoms with Crippen LogP contribution in [0.3, 0.4) is 0 Å². The Morgan fingerprint density at radius 2 is 2.04 bits per heavy atom. The molecule has 0 N–H and O–H groups in total. The fourth-order valence-corrected chi connectivity index (χ4v) is 2.58. The average molecular weight is 331 g/mol. The second-order valence-electron chi connectivity index (χ2n) is 4.57. The first-order valence-electron chi connectivity index (χ1n) is 6.71. The summed E-state index contributed by atoms with van der Waals surface area (Å²) in [5.74, 6) is 1.64. The first-order chi connectivity index (χ1) is 11.2. The zero-order chi connectivity index (χ0) is 16.2. The molecule has 3 aromatic heterocycles. The van der Waals surface area contributed by atoms with Crippen molar-refractivity contribution in [1.29, 1.82) is 0 Å². The van der Waals surface area contributed by atoms with Crippen molar-refractivity contribution in [2.24, 2.45) is 0 Å². The van der Waals surface area contributed by atoms with Crippen molar-refractivity contribution in [1.82, 2.24) is 15.2 Å². The minimum atomic E-state index is -0.416. The molecule has 3 aromatic rings. The van der Waals surface area contributed by atoms with E-state index in [1.165, 1.54) is 18.9 Å². The summed E-state index contributed by atoms with van der Waals surface area (Å²) in [5, 5.41) is 8.40. The van der Waals surface area contributed by atoms with Gasteiger partial charge in [0, 0.05) is 18.0 Å². The molecule has 0 spiro atoms. The summed E-state index contributed by atoms with van der Waals surface area (Å²) in [6.45, 7) is 1.72. The third-order valence-electron chi connectivity index (χ3n) is 3.05. The van der Waals surface area contributed by atoms with Gasteiger partial charge in [-0.05, 0) is 25.1 Å². The molecule has 0 fully saturated rings. The smallest absolute Gasteiger partial charge is 0.341 e. The van der Waals surface area contributed by atoms with Gasteiger partial charge in [-0.3, -0.25) is 4.98 Å². The molecule has 0 aliphatic heterocycles. The number of carbonyl (C=O) groups is 1. The molecule has 0 aromatic carbocycles. The van der Waals surface area contributed by atoms with Crippen LogP contribution in [0.4, 0.5) is 0 Å². The molecule has 0 saturated carbocycles. The van der Waals surface area contributed by atoms with Crippen molar-refractivity contribution in [3.8, 4) is 11.5 Å². The number of ether oxygens (including phenoxy) is 1. The molecule has 0 aliphatic carbocycles. The van der Waals surface area contributed by atoms with Crippen LogP contribution in [-0.2, 0) is 10.5 Å². The standard InChI is InChI=1S/C15H13N3O4S/c1-9-12(14(19)20-2)7-11(21-9)8-23-15-18-17-13(22-15)10-3-5-16-6-4-10/h3-7H,8H2,1-2H3. The van der Waals surface area contributed by atoms with Crippen molar-refractivity contribution in [3.05, 3.63) is 47.7 Å². The number of furan rings is 1. The molecule has 0 bridgehead atoms. The summed E-state index contributed by atoms with van der Waals surface area (Å²) >= 11 is 1.33. The molecule has 0 radical (unpaired) electrons. The maximum atomic E-state index is 11.5. The number of methoxy groups -OCH3 is 1. The SMILES string of the molecule is COC(=O)c1cc(CSc2nnc(-c3ccncc3)o2)oc1C. The molecule has 0 unspecified atom stereocenters. The number of hydrogen-bond acceptors (Lipinski definition) is 8. The van der Waals surface area contributed by atoms with E-state index in [9.17, 15) is 4.79 Å². The van der Waals surface area contributed by atoms with E-state index in [1.54, 1.807) is 37.5 Å². The van der Waals surface area contributed by atoms with Gasteiger partial charge in [0.25, 0.3) is 5.22 Å². The Kier molecular flexibility index (Phi) is 4.42. The van der Waals surface area contributed by atoms with Gasteiger partial charge in [-0.2, -0.15) is 0 Å². The molecule has 7 nitrogen and oxygen atoms in total. The van der Waals surface area contributed by atoms with E-state index in [2.05, 4.69) is 15.2 Å². The molecule has 0 atom stereocenters. The van der Waals surface area contributed by atoms with E-state index in [-0.39, 0.29) is 0 Å². The highest BCUT2D eigenvalue weighted by Crippen LogP contribution is 2.27. The number of hydrogen-bond donors (Lipinski definition) is 0. The predicted octanol–water partition coefficient (Wildman–Crippen LogP) is 3.11. The van der Waals surface area contributed by atoms with Crippen LogP contribution in [0.15, 0.2) is 44.6 Å². The van der Waals surface area contributed by atoms with Gasteiger partial charge < -0.3 is 13.6 Å². The predicted molar refractivity (Wildman–Crippen MR) is 81.9 cm³/mol. The van der Waals surface area contributed by atoms with Crippen LogP contribution in [0.5, 0.6) is 0 Å². The van der Waals surface area contributed by atoms with E-state index in [1.807, 2.05) is 0 Å². The lowest BCUT2D eigenvalue weighted by Crippen LogP contribution is -2.00. The topological polar surface area (TPSA) is 91.2 Å². The number of rotatable bonds is 5. The van der Waals surface area contributed by atoms with Gasteiger partial charge in [0.1, 0.15) is 17.1 Å². The number of thioether (sulfide) groups is 1. The second-order valence-corrected chi connectivity index (χ2v) is 5.50. The van der Waals surface area contributed by atoms with Gasteiger partial charge in [-0.1, -0.05) is 11.8 Å². The fraction of sp³-hybridized carbons (Fsp3) is 0.200. The molecule has 0 amide bonds. The number of pyridine rings is 1. The molecule has 3 rings (SSSR count). The molecular formula is C15H13N3O4S. The molecule has 0 saturated heterocycles. The summed E-state index contributed by atoms with van der Waals surface area (Å²) in [5.41, 5.74) is 1.23. The summed E-state index contributed by atoms with van der Waals surface area (Å²) in [6.07, 6.45) is 3.32. The summed E-state index contributed by atoms with van der Waals surface area (Å²) in [6, 6.07) is 5.25. The highest BCUT2D eigenvalue weighted by molar-refractivity contribution is 7.98. The number of carbonyl (C=O) groups excluding carboxylic acids is 1. The van der Waals surface area contributed by atoms with E-state index in [0.717, 1.165) is 5.56 Å². The third kappa shape index (κ3) is 3.42. The van der Waals surface area contributed by atoms with Crippen LogP contribution in [-0.4, -0.2) is 28.3 Å². The quantitative estimate of drug-likeness (QED) is 0.520. The average Bonchev–Trinajstić information content (AvgIpc) is 3.20. The number of esters is 1. The highest BCUT2D eigenvalue weighted by atomic mass is 32.2. The van der Waals surface area contributed by atoms with Gasteiger partial charge >= 0.3 is 5.97 Å². The Labute approximate surface area is 136 Å². The number of aryl methyl sites for hydroxylation is 1. The number of nitrogens with zero attached hydrogens (tertiary/aromatic N) is 3. The van der Waals surface area contributed by atoms with E-state index >= 15 is 0 Å². The Balaban J connectivity index is 1.67. The Bertz CT molecular complexity index is 813. The third-order valence-corrected chi connectivity index (χ3v) is 3.89. The molecule has 0 aliphatic rings. The van der Waals surface area contributed by atoms with Crippen LogP contribution in [0, 0.1) is 6.92 Å². The maximum absolute atomic E-state index is 11.5. The van der Waals surface area contributed by atoms with Gasteiger partial charge in [0.2, 0.25) is 5.89 Å². The van der Waals surface area contributed by atoms with Gasteiger partial charge in [0.15, 0.2) is 0 Å². The van der Waals surface area contributed by atoms with Crippen molar-refractivity contribution in [3.63, 3.8) is 0 Å². The molecule has 3 heterocycles. The molecule has 23 heavy (non-hydrogen) atoms. The zero-order valence-corrected chi connectivity index (χ0v) is 13.3. The van der Waals surface area contributed by atoms with Gasteiger partial charge in [0.05, 0.1) is 12.9 Å². The van der Waals surface area contributed by atoms with Gasteiger partial charge in [-0.15, -0.1) is 10.2 Å².